The summed E-state index contributed by atoms with van der Waals surface area (Å²) in [5.74, 6) is 2.66. The molecule has 0 bridgehead atoms. The van der Waals surface area contributed by atoms with Crippen molar-refractivity contribution in [2.24, 2.45) is 11.8 Å². The predicted octanol–water partition coefficient (Wildman–Crippen LogP) is 3.33. The maximum atomic E-state index is 5.81. The minimum Gasteiger partial charge on any atom is -0.477 e. The lowest BCUT2D eigenvalue weighted by molar-refractivity contribution is 0.256. The van der Waals surface area contributed by atoms with Gasteiger partial charge in [-0.3, -0.25) is 0 Å². The Morgan fingerprint density at radius 2 is 1.65 bits per heavy atom. The van der Waals surface area contributed by atoms with E-state index in [1.165, 1.54) is 0 Å². The lowest BCUT2D eigenvalue weighted by atomic mass is 10.0. The average molecular weight is 236 g/mol. The number of hydrogen-bond acceptors (Lipinski definition) is 3. The fourth-order valence-electron chi connectivity index (χ4n) is 1.71. The average Bonchev–Trinajstić information content (AvgIpc) is 2.18. The van der Waals surface area contributed by atoms with Crippen LogP contribution in [0.4, 0.5) is 0 Å². The number of nitrogens with zero attached hydrogens (tertiary/aromatic N) is 2. The molecule has 1 aromatic heterocycles. The number of rotatable bonds is 5. The summed E-state index contributed by atoms with van der Waals surface area (Å²) in [6.45, 7) is 13.3. The molecule has 0 aliphatic carbocycles. The van der Waals surface area contributed by atoms with Crippen LogP contribution in [0.15, 0.2) is 0 Å². The fourth-order valence-corrected chi connectivity index (χ4v) is 1.71. The summed E-state index contributed by atoms with van der Waals surface area (Å²) in [5.41, 5.74) is 2.20. The zero-order valence-electron chi connectivity index (χ0n) is 11.9. The molecular formula is C14H24N2O. The highest BCUT2D eigenvalue weighted by atomic mass is 16.5. The topological polar surface area (TPSA) is 35.0 Å². The highest BCUT2D eigenvalue weighted by molar-refractivity contribution is 5.30. The standard InChI is InChI=1S/C14H24N2O/c1-9(2)7-13-11(5)15-12(6)16-14(13)17-8-10(3)4/h9-10H,7-8H2,1-6H3. The molecule has 0 saturated heterocycles. The molecule has 0 amide bonds. The first-order valence-electron chi connectivity index (χ1n) is 6.37. The van der Waals surface area contributed by atoms with Crippen molar-refractivity contribution in [3.63, 3.8) is 0 Å². The Kier molecular flexibility index (Phi) is 4.91. The molecular weight excluding hydrogens is 212 g/mol. The van der Waals surface area contributed by atoms with Crippen molar-refractivity contribution in [2.45, 2.75) is 48.0 Å². The van der Waals surface area contributed by atoms with Crippen LogP contribution >= 0.6 is 0 Å². The molecule has 0 aliphatic heterocycles. The molecule has 3 nitrogen and oxygen atoms in total. The van der Waals surface area contributed by atoms with Crippen LogP contribution in [-0.4, -0.2) is 16.6 Å². The van der Waals surface area contributed by atoms with Crippen molar-refractivity contribution >= 4 is 0 Å². The second-order valence-electron chi connectivity index (χ2n) is 5.44. The summed E-state index contributed by atoms with van der Waals surface area (Å²) in [6, 6.07) is 0. The van der Waals surface area contributed by atoms with Gasteiger partial charge in [-0.15, -0.1) is 0 Å². The van der Waals surface area contributed by atoms with Crippen molar-refractivity contribution in [3.8, 4) is 5.88 Å². The van der Waals surface area contributed by atoms with Crippen molar-refractivity contribution in [3.05, 3.63) is 17.1 Å². The minimum atomic E-state index is 0.512. The van der Waals surface area contributed by atoms with Crippen LogP contribution in [0.1, 0.15) is 44.8 Å². The van der Waals surface area contributed by atoms with Crippen LogP contribution in [0.5, 0.6) is 5.88 Å². The van der Waals surface area contributed by atoms with E-state index in [2.05, 4.69) is 37.7 Å². The van der Waals surface area contributed by atoms with Gasteiger partial charge in [-0.2, -0.15) is 4.98 Å². The quantitative estimate of drug-likeness (QED) is 0.786. The minimum absolute atomic E-state index is 0.512. The van der Waals surface area contributed by atoms with E-state index in [0.29, 0.717) is 18.4 Å². The number of ether oxygens (including phenoxy) is 1. The Hall–Kier alpha value is -1.12. The van der Waals surface area contributed by atoms with Crippen molar-refractivity contribution in [1.29, 1.82) is 0 Å². The monoisotopic (exact) mass is 236 g/mol. The first-order chi connectivity index (χ1) is 7.90. The fraction of sp³-hybridized carbons (Fsp3) is 0.714. The van der Waals surface area contributed by atoms with Crippen molar-refractivity contribution in [2.75, 3.05) is 6.61 Å². The molecule has 3 heteroatoms. The first-order valence-corrected chi connectivity index (χ1v) is 6.37. The maximum Gasteiger partial charge on any atom is 0.220 e. The second kappa shape index (κ2) is 5.99. The van der Waals surface area contributed by atoms with Gasteiger partial charge >= 0.3 is 0 Å². The molecule has 0 radical (unpaired) electrons. The summed E-state index contributed by atoms with van der Waals surface area (Å²) in [6.07, 6.45) is 0.972. The third-order valence-corrected chi connectivity index (χ3v) is 2.45. The number of aromatic nitrogens is 2. The SMILES string of the molecule is Cc1nc(C)c(CC(C)C)c(OCC(C)C)n1. The van der Waals surface area contributed by atoms with Crippen LogP contribution in [0, 0.1) is 25.7 Å². The van der Waals surface area contributed by atoms with Crippen molar-refractivity contribution in [1.82, 2.24) is 9.97 Å². The number of hydrogen-bond donors (Lipinski definition) is 0. The Morgan fingerprint density at radius 1 is 1.00 bits per heavy atom. The Balaban J connectivity index is 2.98. The molecule has 17 heavy (non-hydrogen) atoms. The molecule has 0 aromatic carbocycles. The third kappa shape index (κ3) is 4.33. The normalized spacial score (nSPS) is 11.3. The van der Waals surface area contributed by atoms with Gasteiger partial charge in [0.15, 0.2) is 0 Å². The third-order valence-electron chi connectivity index (χ3n) is 2.45. The Bertz CT molecular complexity index is 373. The summed E-state index contributed by atoms with van der Waals surface area (Å²) in [5, 5.41) is 0. The van der Waals surface area contributed by atoms with E-state index >= 15 is 0 Å². The van der Waals surface area contributed by atoms with Crippen LogP contribution in [-0.2, 0) is 6.42 Å². The summed E-state index contributed by atoms with van der Waals surface area (Å²) < 4.78 is 5.81. The number of aryl methyl sites for hydroxylation is 2. The largest absolute Gasteiger partial charge is 0.477 e. The predicted molar refractivity (Wildman–Crippen MR) is 70.4 cm³/mol. The molecule has 1 aromatic rings. The molecule has 0 atom stereocenters. The van der Waals surface area contributed by atoms with E-state index in [1.54, 1.807) is 0 Å². The Morgan fingerprint density at radius 3 is 2.18 bits per heavy atom. The van der Waals surface area contributed by atoms with Gasteiger partial charge in [0.05, 0.1) is 6.61 Å². The van der Waals surface area contributed by atoms with Gasteiger partial charge in [-0.25, -0.2) is 4.98 Å². The van der Waals surface area contributed by atoms with Gasteiger partial charge in [0.2, 0.25) is 5.88 Å². The summed E-state index contributed by atoms with van der Waals surface area (Å²) in [4.78, 5) is 8.85. The van der Waals surface area contributed by atoms with Gasteiger partial charge < -0.3 is 4.74 Å². The molecule has 0 saturated carbocycles. The van der Waals surface area contributed by atoms with Gasteiger partial charge in [-0.05, 0) is 32.1 Å². The van der Waals surface area contributed by atoms with Crippen LogP contribution in [0.2, 0.25) is 0 Å². The van der Waals surface area contributed by atoms with E-state index in [0.717, 1.165) is 29.4 Å². The lowest BCUT2D eigenvalue weighted by Crippen LogP contribution is -2.11. The maximum absolute atomic E-state index is 5.81. The van der Waals surface area contributed by atoms with Crippen LogP contribution in [0.3, 0.4) is 0 Å². The molecule has 96 valence electrons. The van der Waals surface area contributed by atoms with Gasteiger partial charge in [0.1, 0.15) is 5.82 Å². The van der Waals surface area contributed by atoms with E-state index in [-0.39, 0.29) is 0 Å². The van der Waals surface area contributed by atoms with Crippen molar-refractivity contribution < 1.29 is 4.74 Å². The molecule has 1 heterocycles. The Labute approximate surface area is 105 Å². The van der Waals surface area contributed by atoms with E-state index in [9.17, 15) is 0 Å². The highest BCUT2D eigenvalue weighted by Crippen LogP contribution is 2.22. The zero-order chi connectivity index (χ0) is 13.0. The zero-order valence-corrected chi connectivity index (χ0v) is 11.9. The van der Waals surface area contributed by atoms with Gasteiger partial charge in [0, 0.05) is 11.3 Å². The summed E-state index contributed by atoms with van der Waals surface area (Å²) >= 11 is 0. The van der Waals surface area contributed by atoms with E-state index in [4.69, 9.17) is 4.74 Å². The smallest absolute Gasteiger partial charge is 0.220 e. The van der Waals surface area contributed by atoms with E-state index < -0.39 is 0 Å². The summed E-state index contributed by atoms with van der Waals surface area (Å²) in [7, 11) is 0. The molecule has 0 unspecified atom stereocenters. The molecule has 0 aliphatic rings. The van der Waals surface area contributed by atoms with Gasteiger partial charge in [-0.1, -0.05) is 27.7 Å². The molecule has 1 rings (SSSR count). The first kappa shape index (κ1) is 13.9. The van der Waals surface area contributed by atoms with Crippen LogP contribution in [0.25, 0.3) is 0 Å². The van der Waals surface area contributed by atoms with Gasteiger partial charge in [0.25, 0.3) is 0 Å². The van der Waals surface area contributed by atoms with E-state index in [1.807, 2.05) is 13.8 Å². The molecule has 0 fully saturated rings. The highest BCUT2D eigenvalue weighted by Gasteiger charge is 2.13. The molecule has 0 spiro atoms. The lowest BCUT2D eigenvalue weighted by Gasteiger charge is -2.15. The molecule has 0 N–H and O–H groups in total. The van der Waals surface area contributed by atoms with Crippen LogP contribution < -0.4 is 4.74 Å². The second-order valence-corrected chi connectivity index (χ2v) is 5.44.